The molecule has 2 aliphatic heterocycles. The molecule has 1 N–H and O–H groups in total. The summed E-state index contributed by atoms with van der Waals surface area (Å²) in [5.74, 6) is 1.09. The first kappa shape index (κ1) is 27.8. The third-order valence-corrected chi connectivity index (χ3v) is 8.28. The zero-order valence-corrected chi connectivity index (χ0v) is 24.1. The SMILES string of the molecule is O=Cc1ccc2c(c1)CCCOc1cc(ccc1Cc1nc3ccc(C(=O)O)cc3n1C[C@@H]1CCO1)-c1cccc(n1)OC2. The number of carboxylic acids is 1. The average molecular weight is 590 g/mol. The van der Waals surface area contributed by atoms with Crippen molar-refractivity contribution in [1.29, 1.82) is 0 Å². The van der Waals surface area contributed by atoms with Gasteiger partial charge in [-0.25, -0.2) is 14.8 Å². The highest BCUT2D eigenvalue weighted by molar-refractivity contribution is 5.92. The summed E-state index contributed by atoms with van der Waals surface area (Å²) >= 11 is 0. The Morgan fingerprint density at radius 2 is 1.89 bits per heavy atom. The van der Waals surface area contributed by atoms with E-state index in [1.807, 2.05) is 54.6 Å². The van der Waals surface area contributed by atoms with Crippen LogP contribution in [0.1, 0.15) is 56.1 Å². The molecule has 0 radical (unpaired) electrons. The number of aromatic carboxylic acids is 1. The summed E-state index contributed by atoms with van der Waals surface area (Å²) in [6.07, 6.45) is 3.84. The van der Waals surface area contributed by atoms with E-state index in [1.165, 1.54) is 0 Å². The minimum Gasteiger partial charge on any atom is -0.493 e. The van der Waals surface area contributed by atoms with E-state index < -0.39 is 5.97 Å². The standard InChI is InChI=1S/C35H31N3O6/c39-20-22-6-7-27-21-44-34-5-1-4-29(37-34)24-8-9-25(32(17-24)43-13-2-3-23(27)15-22)18-33-36-30-11-10-26(35(40)41)16-31(30)38(33)19-28-12-14-42-28/h1,4-11,15-17,20,28H,2-3,12-14,18-19,21H2,(H,40,41)/t28-/m0/s1. The number of hydrogen-bond donors (Lipinski definition) is 1. The first-order valence-electron chi connectivity index (χ1n) is 14.8. The Morgan fingerprint density at radius 3 is 2.70 bits per heavy atom. The molecule has 1 atom stereocenters. The highest BCUT2D eigenvalue weighted by atomic mass is 16.5. The minimum absolute atomic E-state index is 0.0690. The normalized spacial score (nSPS) is 16.1. The van der Waals surface area contributed by atoms with Gasteiger partial charge in [0.05, 0.1) is 41.5 Å². The van der Waals surface area contributed by atoms with Gasteiger partial charge in [0, 0.05) is 35.8 Å². The first-order chi connectivity index (χ1) is 21.5. The summed E-state index contributed by atoms with van der Waals surface area (Å²) < 4.78 is 20.4. The van der Waals surface area contributed by atoms with Gasteiger partial charge >= 0.3 is 5.97 Å². The molecule has 44 heavy (non-hydrogen) atoms. The maximum atomic E-state index is 11.7. The second-order valence-corrected chi connectivity index (χ2v) is 11.2. The molecule has 3 aromatic carbocycles. The number of aldehydes is 1. The second-order valence-electron chi connectivity index (χ2n) is 11.2. The molecule has 9 nitrogen and oxygen atoms in total. The Kier molecular flexibility index (Phi) is 7.54. The van der Waals surface area contributed by atoms with E-state index in [4.69, 9.17) is 24.2 Å². The van der Waals surface area contributed by atoms with Crippen molar-refractivity contribution in [3.05, 3.63) is 106 Å². The maximum Gasteiger partial charge on any atom is 0.335 e. The molecular formula is C35H31N3O6. The molecule has 1 fully saturated rings. The van der Waals surface area contributed by atoms with Gasteiger partial charge < -0.3 is 23.9 Å². The van der Waals surface area contributed by atoms with Crippen LogP contribution < -0.4 is 9.47 Å². The molecule has 2 aliphatic rings. The van der Waals surface area contributed by atoms with E-state index in [0.29, 0.717) is 37.6 Å². The molecule has 2 aromatic heterocycles. The second kappa shape index (κ2) is 11.9. The molecule has 1 saturated heterocycles. The van der Waals surface area contributed by atoms with Crippen LogP contribution in [0.2, 0.25) is 0 Å². The fourth-order valence-corrected chi connectivity index (χ4v) is 5.79. The molecular weight excluding hydrogens is 558 g/mol. The van der Waals surface area contributed by atoms with Crippen LogP contribution in [0.4, 0.5) is 0 Å². The van der Waals surface area contributed by atoms with E-state index >= 15 is 0 Å². The fourth-order valence-electron chi connectivity index (χ4n) is 5.79. The van der Waals surface area contributed by atoms with Crippen molar-refractivity contribution in [2.24, 2.45) is 0 Å². The number of imidazole rings is 1. The summed E-state index contributed by atoms with van der Waals surface area (Å²) in [4.78, 5) is 32.9. The molecule has 4 heterocycles. The molecule has 0 unspecified atom stereocenters. The van der Waals surface area contributed by atoms with Gasteiger partial charge in [-0.1, -0.05) is 30.3 Å². The lowest BCUT2D eigenvalue weighted by atomic mass is 10.0. The van der Waals surface area contributed by atoms with E-state index in [9.17, 15) is 14.7 Å². The lowest BCUT2D eigenvalue weighted by Gasteiger charge is -2.27. The van der Waals surface area contributed by atoms with Crippen LogP contribution in [0.25, 0.3) is 22.3 Å². The van der Waals surface area contributed by atoms with Gasteiger partial charge in [-0.2, -0.15) is 0 Å². The smallest absolute Gasteiger partial charge is 0.335 e. The highest BCUT2D eigenvalue weighted by Crippen LogP contribution is 2.31. The van der Waals surface area contributed by atoms with Crippen LogP contribution in [0, 0.1) is 0 Å². The summed E-state index contributed by atoms with van der Waals surface area (Å²) in [6.45, 7) is 2.16. The van der Waals surface area contributed by atoms with E-state index in [0.717, 1.165) is 82.7 Å². The first-order valence-corrected chi connectivity index (χ1v) is 14.8. The lowest BCUT2D eigenvalue weighted by Crippen LogP contribution is -2.31. The van der Waals surface area contributed by atoms with Crippen LogP contribution in [0.5, 0.6) is 11.6 Å². The van der Waals surface area contributed by atoms with Gasteiger partial charge in [-0.15, -0.1) is 0 Å². The number of hydrogen-bond acceptors (Lipinski definition) is 7. The van der Waals surface area contributed by atoms with Crippen molar-refractivity contribution in [2.45, 2.75) is 44.9 Å². The number of rotatable bonds is 6. The van der Waals surface area contributed by atoms with Crippen molar-refractivity contribution in [1.82, 2.24) is 14.5 Å². The zero-order valence-electron chi connectivity index (χ0n) is 24.1. The Morgan fingerprint density at radius 1 is 0.977 bits per heavy atom. The van der Waals surface area contributed by atoms with Crippen LogP contribution >= 0.6 is 0 Å². The number of pyridine rings is 1. The van der Waals surface area contributed by atoms with E-state index in [1.54, 1.807) is 18.2 Å². The van der Waals surface area contributed by atoms with Crippen molar-refractivity contribution in [2.75, 3.05) is 13.2 Å². The monoisotopic (exact) mass is 589 g/mol. The lowest BCUT2D eigenvalue weighted by molar-refractivity contribution is -0.0589. The Labute approximate surface area is 254 Å². The number of carbonyl (C=O) groups excluding carboxylic acids is 1. The number of nitrogens with zero attached hydrogens (tertiary/aromatic N) is 3. The van der Waals surface area contributed by atoms with Crippen LogP contribution in [0.3, 0.4) is 0 Å². The predicted octanol–water partition coefficient (Wildman–Crippen LogP) is 5.89. The number of benzene rings is 3. The van der Waals surface area contributed by atoms with Gasteiger partial charge in [0.1, 0.15) is 24.5 Å². The van der Waals surface area contributed by atoms with E-state index in [-0.39, 0.29) is 11.7 Å². The Hall–Kier alpha value is -5.02. The van der Waals surface area contributed by atoms with Gasteiger partial charge in [-0.05, 0) is 66.8 Å². The molecule has 4 bridgehead atoms. The third-order valence-electron chi connectivity index (χ3n) is 8.28. The number of carbonyl (C=O) groups is 2. The molecule has 0 saturated carbocycles. The zero-order chi connectivity index (χ0) is 30.0. The minimum atomic E-state index is -0.972. The summed E-state index contributed by atoms with van der Waals surface area (Å²) in [5, 5.41) is 9.61. The molecule has 5 aromatic rings. The van der Waals surface area contributed by atoms with Crippen molar-refractivity contribution >= 4 is 23.3 Å². The van der Waals surface area contributed by atoms with Gasteiger partial charge in [0.15, 0.2) is 0 Å². The summed E-state index contributed by atoms with van der Waals surface area (Å²) in [7, 11) is 0. The third kappa shape index (κ3) is 5.66. The average Bonchev–Trinajstić information content (AvgIpc) is 3.36. The van der Waals surface area contributed by atoms with Crippen molar-refractivity contribution in [3.8, 4) is 22.9 Å². The van der Waals surface area contributed by atoms with Gasteiger partial charge in [-0.3, -0.25) is 4.79 Å². The molecule has 0 aliphatic carbocycles. The van der Waals surface area contributed by atoms with Crippen molar-refractivity contribution in [3.63, 3.8) is 0 Å². The number of ether oxygens (including phenoxy) is 3. The van der Waals surface area contributed by atoms with Gasteiger partial charge in [0.2, 0.25) is 5.88 Å². The summed E-state index contributed by atoms with van der Waals surface area (Å²) in [6, 6.07) is 22.5. The molecule has 9 heteroatoms. The molecule has 7 rings (SSSR count). The quantitative estimate of drug-likeness (QED) is 0.244. The fraction of sp³-hybridized carbons (Fsp3) is 0.257. The molecule has 222 valence electrons. The summed E-state index contributed by atoms with van der Waals surface area (Å²) in [5.41, 5.74) is 7.07. The predicted molar refractivity (Wildman–Crippen MR) is 164 cm³/mol. The van der Waals surface area contributed by atoms with E-state index in [2.05, 4.69) is 4.57 Å². The number of carboxylic acid groups (broad SMARTS) is 1. The largest absolute Gasteiger partial charge is 0.493 e. The Balaban J connectivity index is 1.25. The topological polar surface area (TPSA) is 113 Å². The van der Waals surface area contributed by atoms with Crippen LogP contribution in [-0.2, 0) is 30.7 Å². The Bertz CT molecular complexity index is 1880. The number of fused-ring (bicyclic) bond motifs is 7. The molecule has 0 amide bonds. The number of aryl methyl sites for hydroxylation is 1. The highest BCUT2D eigenvalue weighted by Gasteiger charge is 2.23. The molecule has 0 spiro atoms. The van der Waals surface area contributed by atoms with Crippen LogP contribution in [-0.4, -0.2) is 51.2 Å². The van der Waals surface area contributed by atoms with Gasteiger partial charge in [0.25, 0.3) is 0 Å². The maximum absolute atomic E-state index is 11.7. The van der Waals surface area contributed by atoms with Crippen molar-refractivity contribution < 1.29 is 28.9 Å². The number of aromatic nitrogens is 3. The van der Waals surface area contributed by atoms with Crippen LogP contribution in [0.15, 0.2) is 72.8 Å².